The van der Waals surface area contributed by atoms with Gasteiger partial charge in [-0.2, -0.15) is 0 Å². The van der Waals surface area contributed by atoms with E-state index in [0.29, 0.717) is 12.8 Å². The summed E-state index contributed by atoms with van der Waals surface area (Å²) in [6.45, 7) is 3.02. The van der Waals surface area contributed by atoms with Crippen molar-refractivity contribution in [2.24, 2.45) is 0 Å². The fourth-order valence-electron chi connectivity index (χ4n) is 0.849. The van der Waals surface area contributed by atoms with Crippen LogP contribution in [0.5, 0.6) is 0 Å². The van der Waals surface area contributed by atoms with Crippen LogP contribution in [0, 0.1) is 0 Å². The molecule has 0 aromatic rings. The molecule has 0 saturated heterocycles. The van der Waals surface area contributed by atoms with Crippen LogP contribution in [0.4, 0.5) is 0 Å². The molecule has 0 saturated carbocycles. The highest BCUT2D eigenvalue weighted by molar-refractivity contribution is 5.87. The highest BCUT2D eigenvalue weighted by Gasteiger charge is 2.13. The van der Waals surface area contributed by atoms with Crippen molar-refractivity contribution in [3.05, 3.63) is 0 Å². The Morgan fingerprint density at radius 1 is 1.27 bits per heavy atom. The van der Waals surface area contributed by atoms with Crippen molar-refractivity contribution in [2.45, 2.75) is 32.7 Å². The average Bonchev–Trinajstić information content (AvgIpc) is 2.15. The summed E-state index contributed by atoms with van der Waals surface area (Å²) in [5, 5.41) is 13.1. The van der Waals surface area contributed by atoms with Gasteiger partial charge >= 0.3 is 5.97 Å². The van der Waals surface area contributed by atoms with Gasteiger partial charge in [-0.25, -0.2) is 0 Å². The number of hydrogen-bond acceptors (Lipinski definition) is 3. The Bertz CT molecular complexity index is 252. The minimum atomic E-state index is -1.11. The highest BCUT2D eigenvalue weighted by atomic mass is 16.4. The molecule has 0 rings (SSSR count). The molecule has 0 aliphatic carbocycles. The summed E-state index contributed by atoms with van der Waals surface area (Å²) in [5.74, 6) is -1.83. The van der Waals surface area contributed by atoms with Gasteiger partial charge < -0.3 is 15.7 Å². The molecule has 1 atom stereocenters. The summed E-state index contributed by atoms with van der Waals surface area (Å²) in [4.78, 5) is 32.4. The molecule has 0 aliphatic heterocycles. The molecule has 2 amide bonds. The number of carboxylic acids is 1. The molecule has 0 aromatic carbocycles. The second-order valence-electron chi connectivity index (χ2n) is 3.15. The molecule has 0 unspecified atom stereocenters. The zero-order chi connectivity index (χ0) is 11.8. The van der Waals surface area contributed by atoms with Crippen LogP contribution in [-0.4, -0.2) is 35.5 Å². The zero-order valence-corrected chi connectivity index (χ0v) is 8.87. The van der Waals surface area contributed by atoms with Gasteiger partial charge in [-0.3, -0.25) is 14.4 Å². The Labute approximate surface area is 88.0 Å². The van der Waals surface area contributed by atoms with Crippen molar-refractivity contribution < 1.29 is 19.5 Å². The molecule has 0 aliphatic rings. The Hall–Kier alpha value is -1.59. The fraction of sp³-hybridized carbons (Fsp3) is 0.667. The summed E-state index contributed by atoms with van der Waals surface area (Å²) in [5.41, 5.74) is 0. The van der Waals surface area contributed by atoms with E-state index in [4.69, 9.17) is 5.11 Å². The van der Waals surface area contributed by atoms with E-state index in [1.807, 2.05) is 6.92 Å². The minimum absolute atomic E-state index is 0.184. The van der Waals surface area contributed by atoms with Crippen LogP contribution in [0.2, 0.25) is 0 Å². The van der Waals surface area contributed by atoms with Gasteiger partial charge in [0, 0.05) is 6.42 Å². The number of carboxylic acid groups (broad SMARTS) is 1. The van der Waals surface area contributed by atoms with Gasteiger partial charge in [0.2, 0.25) is 11.8 Å². The van der Waals surface area contributed by atoms with E-state index < -0.39 is 17.9 Å². The first-order chi connectivity index (χ1) is 6.97. The predicted octanol–water partition coefficient (Wildman–Crippen LogP) is -0.508. The third-order valence-corrected chi connectivity index (χ3v) is 1.67. The van der Waals surface area contributed by atoms with Crippen LogP contribution in [0.25, 0.3) is 0 Å². The molecule has 15 heavy (non-hydrogen) atoms. The first kappa shape index (κ1) is 13.4. The average molecular weight is 216 g/mol. The Kier molecular flexibility index (Phi) is 6.08. The molecule has 0 fully saturated rings. The predicted molar refractivity (Wildman–Crippen MR) is 53.2 cm³/mol. The van der Waals surface area contributed by atoms with E-state index in [2.05, 4.69) is 10.6 Å². The lowest BCUT2D eigenvalue weighted by atomic mass is 10.3. The maximum Gasteiger partial charge on any atom is 0.325 e. The summed E-state index contributed by atoms with van der Waals surface area (Å²) >= 11 is 0. The van der Waals surface area contributed by atoms with E-state index in [9.17, 15) is 14.4 Å². The Morgan fingerprint density at radius 3 is 2.33 bits per heavy atom. The smallest absolute Gasteiger partial charge is 0.325 e. The molecule has 0 bridgehead atoms. The van der Waals surface area contributed by atoms with Crippen LogP contribution < -0.4 is 10.6 Å². The maximum absolute atomic E-state index is 11.1. The van der Waals surface area contributed by atoms with Gasteiger partial charge in [0.05, 0.1) is 6.54 Å². The normalized spacial score (nSPS) is 11.6. The monoisotopic (exact) mass is 216 g/mol. The lowest BCUT2D eigenvalue weighted by Gasteiger charge is -2.09. The molecule has 0 spiro atoms. The molecule has 0 aromatic heterocycles. The van der Waals surface area contributed by atoms with Crippen molar-refractivity contribution in [1.29, 1.82) is 0 Å². The van der Waals surface area contributed by atoms with E-state index in [1.165, 1.54) is 6.92 Å². The number of hydrogen-bond donors (Lipinski definition) is 3. The van der Waals surface area contributed by atoms with E-state index in [1.54, 1.807) is 0 Å². The van der Waals surface area contributed by atoms with E-state index >= 15 is 0 Å². The third kappa shape index (κ3) is 6.48. The Morgan fingerprint density at radius 2 is 1.87 bits per heavy atom. The molecular weight excluding hydrogens is 200 g/mol. The first-order valence-electron chi connectivity index (χ1n) is 4.76. The van der Waals surface area contributed by atoms with Crippen LogP contribution in [0.3, 0.4) is 0 Å². The second-order valence-corrected chi connectivity index (χ2v) is 3.15. The Balaban J connectivity index is 3.75. The number of carbonyl (C=O) groups is 3. The third-order valence-electron chi connectivity index (χ3n) is 1.67. The van der Waals surface area contributed by atoms with Crippen LogP contribution >= 0.6 is 0 Å². The molecule has 6 heteroatoms. The summed E-state index contributed by atoms with van der Waals surface area (Å²) in [6.07, 6.45) is 1.07. The summed E-state index contributed by atoms with van der Waals surface area (Å²) in [7, 11) is 0. The zero-order valence-electron chi connectivity index (χ0n) is 8.87. The van der Waals surface area contributed by atoms with E-state index in [-0.39, 0.29) is 12.5 Å². The molecule has 0 radical (unpaired) electrons. The van der Waals surface area contributed by atoms with Crippen molar-refractivity contribution in [3.8, 4) is 0 Å². The van der Waals surface area contributed by atoms with E-state index in [0.717, 1.165) is 0 Å². The number of nitrogens with one attached hydrogen (secondary N) is 2. The minimum Gasteiger partial charge on any atom is -0.480 e. The van der Waals surface area contributed by atoms with Gasteiger partial charge in [0.25, 0.3) is 0 Å². The highest BCUT2D eigenvalue weighted by Crippen LogP contribution is 1.85. The summed E-state index contributed by atoms with van der Waals surface area (Å²) in [6, 6.07) is -0.944. The standard InChI is InChI=1S/C9H16N2O4/c1-3-4-7(12)10-5-8(13)11-6(2)9(14)15/h6H,3-5H2,1-2H3,(H,10,12)(H,11,13)(H,14,15)/t6-/m1/s1. The van der Waals surface area contributed by atoms with Crippen LogP contribution in [-0.2, 0) is 14.4 Å². The van der Waals surface area contributed by atoms with Gasteiger partial charge in [0.1, 0.15) is 6.04 Å². The number of rotatable bonds is 6. The largest absolute Gasteiger partial charge is 0.480 e. The molecule has 0 heterocycles. The number of amides is 2. The van der Waals surface area contributed by atoms with Gasteiger partial charge in [-0.1, -0.05) is 6.92 Å². The quantitative estimate of drug-likeness (QED) is 0.557. The van der Waals surface area contributed by atoms with Crippen molar-refractivity contribution >= 4 is 17.8 Å². The van der Waals surface area contributed by atoms with Crippen molar-refractivity contribution in [1.82, 2.24) is 10.6 Å². The number of aliphatic carboxylic acids is 1. The molecular formula is C9H16N2O4. The maximum atomic E-state index is 11.1. The molecule has 6 nitrogen and oxygen atoms in total. The fourth-order valence-corrected chi connectivity index (χ4v) is 0.849. The summed E-state index contributed by atoms with van der Waals surface area (Å²) < 4.78 is 0. The van der Waals surface area contributed by atoms with Gasteiger partial charge in [0.15, 0.2) is 0 Å². The lowest BCUT2D eigenvalue weighted by molar-refractivity contribution is -0.141. The number of carbonyl (C=O) groups excluding carboxylic acids is 2. The van der Waals surface area contributed by atoms with Crippen molar-refractivity contribution in [3.63, 3.8) is 0 Å². The first-order valence-corrected chi connectivity index (χ1v) is 4.76. The SMILES string of the molecule is CCCC(=O)NCC(=O)N[C@H](C)C(=O)O. The molecule has 3 N–H and O–H groups in total. The molecule has 86 valence electrons. The second kappa shape index (κ2) is 6.80. The van der Waals surface area contributed by atoms with Crippen LogP contribution in [0.15, 0.2) is 0 Å². The van der Waals surface area contributed by atoms with Gasteiger partial charge in [-0.05, 0) is 13.3 Å². The van der Waals surface area contributed by atoms with Crippen LogP contribution in [0.1, 0.15) is 26.7 Å². The van der Waals surface area contributed by atoms with Gasteiger partial charge in [-0.15, -0.1) is 0 Å². The topological polar surface area (TPSA) is 95.5 Å². The van der Waals surface area contributed by atoms with Crippen molar-refractivity contribution in [2.75, 3.05) is 6.54 Å². The lowest BCUT2D eigenvalue weighted by Crippen LogP contribution is -2.43.